The lowest BCUT2D eigenvalue weighted by molar-refractivity contribution is 0.439. The molecule has 4 aromatic rings. The van der Waals surface area contributed by atoms with Gasteiger partial charge in [-0.15, -0.1) is 0 Å². The van der Waals surface area contributed by atoms with E-state index < -0.39 is 21.7 Å². The molecular weight excluding hydrogens is 436 g/mol. The molecule has 6 nitrogen and oxygen atoms in total. The highest BCUT2D eigenvalue weighted by atomic mass is 32.2. The molecule has 0 saturated carbocycles. The van der Waals surface area contributed by atoms with Crippen molar-refractivity contribution in [2.24, 2.45) is 0 Å². The summed E-state index contributed by atoms with van der Waals surface area (Å²) < 4.78 is 60.1. The lowest BCUT2D eigenvalue weighted by Crippen LogP contribution is -2.14. The summed E-state index contributed by atoms with van der Waals surface area (Å²) in [5.74, 6) is -1.52. The number of sulfonamides is 1. The van der Waals surface area contributed by atoms with Crippen molar-refractivity contribution < 1.29 is 21.9 Å². The molecule has 32 heavy (non-hydrogen) atoms. The molecule has 0 aliphatic rings. The maximum atomic E-state index is 14.3. The van der Waals surface area contributed by atoms with E-state index in [4.69, 9.17) is 4.74 Å². The van der Waals surface area contributed by atoms with Gasteiger partial charge in [0.1, 0.15) is 17.2 Å². The SMILES string of the molecule is CCS(=O)(=O)Nc1ccc(Oc2ccc(F)cc2F)c(-c2cc(C)nc3[nH]c(C)cc23)c1. The molecule has 2 aromatic heterocycles. The summed E-state index contributed by atoms with van der Waals surface area (Å²) in [7, 11) is -3.51. The van der Waals surface area contributed by atoms with Crippen molar-refractivity contribution in [3.05, 3.63) is 71.6 Å². The van der Waals surface area contributed by atoms with E-state index >= 15 is 0 Å². The monoisotopic (exact) mass is 457 g/mol. The van der Waals surface area contributed by atoms with Crippen LogP contribution in [0.15, 0.2) is 48.5 Å². The number of aromatic nitrogens is 2. The van der Waals surface area contributed by atoms with Crippen molar-refractivity contribution in [2.45, 2.75) is 20.8 Å². The van der Waals surface area contributed by atoms with Gasteiger partial charge in [-0.1, -0.05) is 0 Å². The molecule has 0 atom stereocenters. The highest BCUT2D eigenvalue weighted by Crippen LogP contribution is 2.40. The number of fused-ring (bicyclic) bond motifs is 1. The zero-order valence-corrected chi connectivity index (χ0v) is 18.5. The maximum absolute atomic E-state index is 14.3. The predicted octanol–water partition coefficient (Wildman–Crippen LogP) is 5.68. The average Bonchev–Trinajstić information content (AvgIpc) is 3.10. The fourth-order valence-electron chi connectivity index (χ4n) is 3.41. The molecule has 0 aliphatic carbocycles. The molecule has 0 bridgehead atoms. The minimum Gasteiger partial charge on any atom is -0.454 e. The number of hydrogen-bond acceptors (Lipinski definition) is 4. The highest BCUT2D eigenvalue weighted by molar-refractivity contribution is 7.92. The van der Waals surface area contributed by atoms with Gasteiger partial charge in [-0.2, -0.15) is 0 Å². The van der Waals surface area contributed by atoms with Crippen molar-refractivity contribution >= 4 is 26.7 Å². The first-order valence-corrected chi connectivity index (χ1v) is 11.5. The maximum Gasteiger partial charge on any atom is 0.232 e. The molecule has 0 amide bonds. The third-order valence-corrected chi connectivity index (χ3v) is 6.21. The second-order valence-electron chi connectivity index (χ2n) is 7.42. The number of aromatic amines is 1. The molecule has 2 N–H and O–H groups in total. The number of nitrogens with zero attached hydrogens (tertiary/aromatic N) is 1. The average molecular weight is 458 g/mol. The number of hydrogen-bond donors (Lipinski definition) is 2. The summed E-state index contributed by atoms with van der Waals surface area (Å²) in [5, 5.41) is 0.799. The Hall–Kier alpha value is -3.46. The van der Waals surface area contributed by atoms with Crippen molar-refractivity contribution in [1.29, 1.82) is 0 Å². The van der Waals surface area contributed by atoms with Gasteiger partial charge in [-0.3, -0.25) is 4.72 Å². The van der Waals surface area contributed by atoms with E-state index in [1.54, 1.807) is 12.1 Å². The summed E-state index contributed by atoms with van der Waals surface area (Å²) >= 11 is 0. The van der Waals surface area contributed by atoms with E-state index in [2.05, 4.69) is 14.7 Å². The van der Waals surface area contributed by atoms with E-state index in [1.165, 1.54) is 19.1 Å². The second-order valence-corrected chi connectivity index (χ2v) is 9.43. The molecule has 0 aliphatic heterocycles. The topological polar surface area (TPSA) is 84.1 Å². The van der Waals surface area contributed by atoms with Gasteiger partial charge < -0.3 is 9.72 Å². The summed E-state index contributed by atoms with van der Waals surface area (Å²) in [5.41, 5.74) is 3.88. The van der Waals surface area contributed by atoms with Crippen LogP contribution in [-0.4, -0.2) is 24.1 Å². The summed E-state index contributed by atoms with van der Waals surface area (Å²) in [6.45, 7) is 5.28. The van der Waals surface area contributed by atoms with Gasteiger partial charge in [0, 0.05) is 34.1 Å². The van der Waals surface area contributed by atoms with Gasteiger partial charge in [0.15, 0.2) is 11.6 Å². The summed E-state index contributed by atoms with van der Waals surface area (Å²) in [6.07, 6.45) is 0. The quantitative estimate of drug-likeness (QED) is 0.390. The fraction of sp³-hybridized carbons (Fsp3) is 0.174. The van der Waals surface area contributed by atoms with Crippen molar-refractivity contribution in [2.75, 3.05) is 10.5 Å². The van der Waals surface area contributed by atoms with E-state index in [1.807, 2.05) is 26.0 Å². The molecular formula is C23H21F2N3O3S. The third kappa shape index (κ3) is 4.43. The Labute approximate surface area is 184 Å². The Morgan fingerprint density at radius 1 is 1.00 bits per heavy atom. The van der Waals surface area contributed by atoms with Crippen LogP contribution in [0, 0.1) is 25.5 Å². The zero-order valence-electron chi connectivity index (χ0n) is 17.7. The number of benzene rings is 2. The number of anilines is 1. The minimum atomic E-state index is -3.51. The third-order valence-electron chi connectivity index (χ3n) is 4.90. The Balaban J connectivity index is 1.91. The first-order valence-electron chi connectivity index (χ1n) is 9.90. The molecule has 4 rings (SSSR count). The first kappa shape index (κ1) is 21.8. The number of aryl methyl sites for hydroxylation is 2. The number of H-pyrrole nitrogens is 1. The minimum absolute atomic E-state index is 0.0863. The Morgan fingerprint density at radius 3 is 2.47 bits per heavy atom. The Kier molecular flexibility index (Phi) is 5.60. The van der Waals surface area contributed by atoms with E-state index in [0.29, 0.717) is 16.9 Å². The van der Waals surface area contributed by atoms with Crippen LogP contribution < -0.4 is 9.46 Å². The van der Waals surface area contributed by atoms with Crippen LogP contribution in [0.2, 0.25) is 0 Å². The molecule has 0 saturated heterocycles. The first-order chi connectivity index (χ1) is 15.1. The Morgan fingerprint density at radius 2 is 1.75 bits per heavy atom. The standard InChI is InChI=1S/C23H21F2N3O3S/c1-4-32(29,30)28-16-6-8-21(31-22-7-5-15(24)11-20(22)25)18(12-16)17-9-13(2)26-23-19(17)10-14(3)27-23/h5-12,28H,4H2,1-3H3,(H,26,27). The van der Waals surface area contributed by atoms with E-state index in [0.717, 1.165) is 34.5 Å². The number of ether oxygens (including phenoxy) is 1. The largest absolute Gasteiger partial charge is 0.454 e. The second kappa shape index (κ2) is 8.23. The highest BCUT2D eigenvalue weighted by Gasteiger charge is 2.17. The van der Waals surface area contributed by atoms with Gasteiger partial charge >= 0.3 is 0 Å². The van der Waals surface area contributed by atoms with Crippen molar-refractivity contribution in [1.82, 2.24) is 9.97 Å². The number of pyridine rings is 1. The summed E-state index contributed by atoms with van der Waals surface area (Å²) in [6, 6.07) is 11.5. The smallest absolute Gasteiger partial charge is 0.232 e. The van der Waals surface area contributed by atoms with E-state index in [-0.39, 0.29) is 17.3 Å². The van der Waals surface area contributed by atoms with E-state index in [9.17, 15) is 17.2 Å². The van der Waals surface area contributed by atoms with Gasteiger partial charge in [0.2, 0.25) is 10.0 Å². The van der Waals surface area contributed by atoms with Crippen LogP contribution >= 0.6 is 0 Å². The van der Waals surface area contributed by atoms with Crippen LogP contribution in [-0.2, 0) is 10.0 Å². The van der Waals surface area contributed by atoms with Crippen LogP contribution in [0.25, 0.3) is 22.2 Å². The normalized spacial score (nSPS) is 11.7. The molecule has 9 heteroatoms. The lowest BCUT2D eigenvalue weighted by Gasteiger charge is -2.16. The number of rotatable bonds is 6. The number of nitrogens with one attached hydrogen (secondary N) is 2. The zero-order chi connectivity index (χ0) is 23.0. The van der Waals surface area contributed by atoms with Crippen molar-refractivity contribution in [3.63, 3.8) is 0 Å². The number of halogens is 2. The molecule has 0 radical (unpaired) electrons. The van der Waals surface area contributed by atoms with Crippen LogP contribution in [0.1, 0.15) is 18.3 Å². The molecule has 166 valence electrons. The van der Waals surface area contributed by atoms with Crippen molar-refractivity contribution in [3.8, 4) is 22.6 Å². The van der Waals surface area contributed by atoms with Gasteiger partial charge in [-0.05, 0) is 68.8 Å². The molecule has 0 fully saturated rings. The summed E-state index contributed by atoms with van der Waals surface area (Å²) in [4.78, 5) is 7.70. The molecule has 0 spiro atoms. The molecule has 2 heterocycles. The Bertz CT molecular complexity index is 1430. The fourth-order valence-corrected chi connectivity index (χ4v) is 4.04. The predicted molar refractivity (Wildman–Crippen MR) is 121 cm³/mol. The molecule has 2 aromatic carbocycles. The van der Waals surface area contributed by atoms with Gasteiger partial charge in [-0.25, -0.2) is 22.2 Å². The van der Waals surface area contributed by atoms with Crippen LogP contribution in [0.3, 0.4) is 0 Å². The van der Waals surface area contributed by atoms with Crippen LogP contribution in [0.5, 0.6) is 11.5 Å². The van der Waals surface area contributed by atoms with Crippen LogP contribution in [0.4, 0.5) is 14.5 Å². The van der Waals surface area contributed by atoms with Gasteiger partial charge in [0.25, 0.3) is 0 Å². The molecule has 0 unspecified atom stereocenters. The van der Waals surface area contributed by atoms with Gasteiger partial charge in [0.05, 0.1) is 5.75 Å². The lowest BCUT2D eigenvalue weighted by atomic mass is 10.0.